The highest BCUT2D eigenvalue weighted by Crippen LogP contribution is 2.28. The van der Waals surface area contributed by atoms with Gasteiger partial charge in [-0.3, -0.25) is 0 Å². The van der Waals surface area contributed by atoms with Gasteiger partial charge in [0.15, 0.2) is 0 Å². The quantitative estimate of drug-likeness (QED) is 0.679. The molecule has 0 spiro atoms. The smallest absolute Gasteiger partial charge is 0.240 e. The van der Waals surface area contributed by atoms with Crippen molar-refractivity contribution in [3.05, 3.63) is 29.3 Å². The number of rotatable bonds is 9. The fourth-order valence-corrected chi connectivity index (χ4v) is 3.39. The molecule has 0 aliphatic heterocycles. The van der Waals surface area contributed by atoms with Crippen LogP contribution in [0.3, 0.4) is 0 Å². The molecule has 2 rings (SSSR count). The second-order valence-electron chi connectivity index (χ2n) is 5.53. The van der Waals surface area contributed by atoms with Crippen LogP contribution in [0.15, 0.2) is 23.1 Å². The fraction of sp³-hybridized carbons (Fsp3) is 0.600. The van der Waals surface area contributed by atoms with Gasteiger partial charge in [-0.25, -0.2) is 13.1 Å². The molecule has 0 atom stereocenters. The van der Waals surface area contributed by atoms with E-state index in [0.717, 1.165) is 12.5 Å². The van der Waals surface area contributed by atoms with Crippen LogP contribution in [-0.4, -0.2) is 33.3 Å². The van der Waals surface area contributed by atoms with Crippen molar-refractivity contribution in [1.29, 1.82) is 0 Å². The summed E-state index contributed by atoms with van der Waals surface area (Å²) in [4.78, 5) is 0.230. The van der Waals surface area contributed by atoms with E-state index in [1.807, 2.05) is 0 Å². The number of ether oxygens (including phenoxy) is 1. The molecule has 5 nitrogen and oxygen atoms in total. The van der Waals surface area contributed by atoms with Crippen molar-refractivity contribution < 1.29 is 18.3 Å². The van der Waals surface area contributed by atoms with Gasteiger partial charge in [-0.2, -0.15) is 0 Å². The Balaban J connectivity index is 1.82. The van der Waals surface area contributed by atoms with E-state index < -0.39 is 10.0 Å². The highest BCUT2D eigenvalue weighted by molar-refractivity contribution is 7.89. The molecule has 0 amide bonds. The predicted molar refractivity (Wildman–Crippen MR) is 80.5 cm³/mol. The number of hydrogen-bond donors (Lipinski definition) is 2. The third-order valence-electron chi connectivity index (χ3n) is 3.53. The first-order valence-corrected chi connectivity index (χ1v) is 8.79. The summed E-state index contributed by atoms with van der Waals surface area (Å²) < 4.78 is 32.5. The Hall–Kier alpha value is -0.950. The van der Waals surface area contributed by atoms with Crippen LogP contribution < -0.4 is 4.72 Å². The highest BCUT2D eigenvalue weighted by atomic mass is 32.2. The maximum Gasteiger partial charge on any atom is 0.240 e. The molecule has 1 fully saturated rings. The van der Waals surface area contributed by atoms with Crippen LogP contribution in [0.1, 0.15) is 30.4 Å². The monoisotopic (exact) mass is 313 g/mol. The number of nitrogens with one attached hydrogen (secondary N) is 1. The van der Waals surface area contributed by atoms with E-state index in [0.29, 0.717) is 30.7 Å². The van der Waals surface area contributed by atoms with Crippen molar-refractivity contribution in [3.63, 3.8) is 0 Å². The Bertz CT molecular complexity index is 567. The average Bonchev–Trinajstić information content (AvgIpc) is 3.27. The molecule has 1 aromatic rings. The van der Waals surface area contributed by atoms with Crippen LogP contribution in [0.2, 0.25) is 0 Å². The molecule has 118 valence electrons. The molecule has 1 saturated carbocycles. The molecular formula is C15H23NO4S. The van der Waals surface area contributed by atoms with E-state index in [-0.39, 0.29) is 11.5 Å². The Labute approximate surface area is 126 Å². The molecule has 2 N–H and O–H groups in total. The Kier molecular flexibility index (Phi) is 5.75. The second kappa shape index (κ2) is 7.35. The number of sulfonamides is 1. The largest absolute Gasteiger partial charge is 0.392 e. The molecule has 0 aromatic heterocycles. The molecule has 0 unspecified atom stereocenters. The molecular weight excluding hydrogens is 290 g/mol. The standard InChI is InChI=1S/C15H23NO4S/c1-12-3-4-14(10-17)9-15(12)21(18,19)16-7-2-8-20-11-13-5-6-13/h3-4,9,13,16-17H,2,5-8,10-11H2,1H3. The van der Waals surface area contributed by atoms with Gasteiger partial charge in [0.2, 0.25) is 10.0 Å². The van der Waals surface area contributed by atoms with Gasteiger partial charge in [0, 0.05) is 19.8 Å². The summed E-state index contributed by atoms with van der Waals surface area (Å²) in [6.07, 6.45) is 3.17. The first-order chi connectivity index (χ1) is 10.0. The lowest BCUT2D eigenvalue weighted by molar-refractivity contribution is 0.123. The molecule has 6 heteroatoms. The van der Waals surface area contributed by atoms with Crippen LogP contribution in [0.4, 0.5) is 0 Å². The zero-order valence-corrected chi connectivity index (χ0v) is 13.2. The Morgan fingerprint density at radius 1 is 1.38 bits per heavy atom. The van der Waals surface area contributed by atoms with Crippen molar-refractivity contribution in [3.8, 4) is 0 Å². The molecule has 1 aromatic carbocycles. The number of hydrogen-bond acceptors (Lipinski definition) is 4. The molecule has 0 radical (unpaired) electrons. The van der Waals surface area contributed by atoms with Crippen LogP contribution >= 0.6 is 0 Å². The van der Waals surface area contributed by atoms with Crippen molar-refractivity contribution >= 4 is 10.0 Å². The van der Waals surface area contributed by atoms with Gasteiger partial charge < -0.3 is 9.84 Å². The second-order valence-corrected chi connectivity index (χ2v) is 7.26. The van der Waals surface area contributed by atoms with Crippen LogP contribution in [0.25, 0.3) is 0 Å². The lowest BCUT2D eigenvalue weighted by Crippen LogP contribution is -2.26. The van der Waals surface area contributed by atoms with Crippen LogP contribution in [0.5, 0.6) is 0 Å². The van der Waals surface area contributed by atoms with Gasteiger partial charge in [0.1, 0.15) is 0 Å². The predicted octanol–water partition coefficient (Wildman–Crippen LogP) is 1.58. The summed E-state index contributed by atoms with van der Waals surface area (Å²) in [6, 6.07) is 4.94. The number of aliphatic hydroxyl groups excluding tert-OH is 1. The molecule has 0 heterocycles. The minimum atomic E-state index is -3.53. The van der Waals surface area contributed by atoms with Gasteiger partial charge >= 0.3 is 0 Å². The Morgan fingerprint density at radius 3 is 2.81 bits per heavy atom. The topological polar surface area (TPSA) is 75.6 Å². The molecule has 0 bridgehead atoms. The zero-order chi connectivity index (χ0) is 15.3. The molecule has 1 aliphatic rings. The van der Waals surface area contributed by atoms with Gasteiger partial charge in [0.25, 0.3) is 0 Å². The van der Waals surface area contributed by atoms with E-state index in [1.165, 1.54) is 18.9 Å². The highest BCUT2D eigenvalue weighted by Gasteiger charge is 2.21. The first-order valence-electron chi connectivity index (χ1n) is 7.31. The third kappa shape index (κ3) is 5.07. The first kappa shape index (κ1) is 16.4. The van der Waals surface area contributed by atoms with E-state index >= 15 is 0 Å². The Morgan fingerprint density at radius 2 is 2.14 bits per heavy atom. The minimum Gasteiger partial charge on any atom is -0.392 e. The lowest BCUT2D eigenvalue weighted by atomic mass is 10.2. The summed E-state index contributed by atoms with van der Waals surface area (Å²) >= 11 is 0. The van der Waals surface area contributed by atoms with E-state index in [2.05, 4.69) is 4.72 Å². The van der Waals surface area contributed by atoms with Crippen molar-refractivity contribution in [2.24, 2.45) is 5.92 Å². The zero-order valence-electron chi connectivity index (χ0n) is 12.3. The van der Waals surface area contributed by atoms with Gasteiger partial charge in [-0.15, -0.1) is 0 Å². The lowest BCUT2D eigenvalue weighted by Gasteiger charge is -2.10. The van der Waals surface area contributed by atoms with E-state index in [4.69, 9.17) is 9.84 Å². The summed E-state index contributed by atoms with van der Waals surface area (Å²) in [5.41, 5.74) is 1.26. The summed E-state index contributed by atoms with van der Waals surface area (Å²) in [5, 5.41) is 9.11. The maximum atomic E-state index is 12.2. The van der Waals surface area contributed by atoms with Crippen molar-refractivity contribution in [1.82, 2.24) is 4.72 Å². The molecule has 21 heavy (non-hydrogen) atoms. The number of aliphatic hydroxyl groups is 1. The van der Waals surface area contributed by atoms with E-state index in [9.17, 15) is 8.42 Å². The third-order valence-corrected chi connectivity index (χ3v) is 5.14. The van der Waals surface area contributed by atoms with E-state index in [1.54, 1.807) is 19.1 Å². The maximum absolute atomic E-state index is 12.2. The van der Waals surface area contributed by atoms with Crippen LogP contribution in [-0.2, 0) is 21.4 Å². The van der Waals surface area contributed by atoms with Gasteiger partial charge in [-0.1, -0.05) is 12.1 Å². The normalized spacial score (nSPS) is 15.3. The number of aryl methyl sites for hydroxylation is 1. The minimum absolute atomic E-state index is 0.169. The summed E-state index contributed by atoms with van der Waals surface area (Å²) in [7, 11) is -3.53. The van der Waals surface area contributed by atoms with Crippen molar-refractivity contribution in [2.75, 3.05) is 19.8 Å². The van der Waals surface area contributed by atoms with Gasteiger partial charge in [-0.05, 0) is 49.3 Å². The number of benzene rings is 1. The molecule has 0 saturated heterocycles. The van der Waals surface area contributed by atoms with Crippen molar-refractivity contribution in [2.45, 2.75) is 37.7 Å². The van der Waals surface area contributed by atoms with Crippen LogP contribution in [0, 0.1) is 12.8 Å². The molecule has 1 aliphatic carbocycles. The summed E-state index contributed by atoms with van der Waals surface area (Å²) in [5.74, 6) is 0.727. The fourth-order valence-electron chi connectivity index (χ4n) is 2.03. The summed E-state index contributed by atoms with van der Waals surface area (Å²) in [6.45, 7) is 3.31. The van der Waals surface area contributed by atoms with Gasteiger partial charge in [0.05, 0.1) is 11.5 Å². The average molecular weight is 313 g/mol. The SMILES string of the molecule is Cc1ccc(CO)cc1S(=O)(=O)NCCCOCC1CC1.